The van der Waals surface area contributed by atoms with Gasteiger partial charge in [0.05, 0.1) is 6.04 Å². The fourth-order valence-electron chi connectivity index (χ4n) is 6.47. The van der Waals surface area contributed by atoms with Gasteiger partial charge in [-0.2, -0.15) is 0 Å². The van der Waals surface area contributed by atoms with Crippen LogP contribution in [0.25, 0.3) is 0 Å². The first-order valence-corrected chi connectivity index (χ1v) is 12.2. The molecule has 1 N–H and O–H groups in total. The van der Waals surface area contributed by atoms with E-state index in [0.29, 0.717) is 0 Å². The minimum absolute atomic E-state index is 0.227. The van der Waals surface area contributed by atoms with E-state index >= 15 is 0 Å². The minimum Gasteiger partial charge on any atom is -0.388 e. The van der Waals surface area contributed by atoms with Crippen LogP contribution in [0.4, 0.5) is 0 Å². The van der Waals surface area contributed by atoms with Gasteiger partial charge in [0.2, 0.25) is 0 Å². The molecule has 3 fully saturated rings. The summed E-state index contributed by atoms with van der Waals surface area (Å²) < 4.78 is 0. The van der Waals surface area contributed by atoms with E-state index in [1.807, 2.05) is 0 Å². The molecule has 29 heavy (non-hydrogen) atoms. The van der Waals surface area contributed by atoms with Crippen molar-refractivity contribution in [3.63, 3.8) is 0 Å². The van der Waals surface area contributed by atoms with E-state index in [1.54, 1.807) is 0 Å². The SMILES string of the molecule is C=C(NCC1CCC(C)CC1)C1C=CC(C)=C(C)[C@@H]1N=C(C)C1CC2CCC1C2. The van der Waals surface area contributed by atoms with E-state index in [-0.39, 0.29) is 12.0 Å². The summed E-state index contributed by atoms with van der Waals surface area (Å²) in [7, 11) is 0. The van der Waals surface area contributed by atoms with E-state index < -0.39 is 0 Å². The van der Waals surface area contributed by atoms with Crippen LogP contribution in [0.3, 0.4) is 0 Å². The van der Waals surface area contributed by atoms with Gasteiger partial charge in [-0.3, -0.25) is 4.99 Å². The Balaban J connectivity index is 1.42. The van der Waals surface area contributed by atoms with Crippen molar-refractivity contribution in [2.45, 2.75) is 85.1 Å². The van der Waals surface area contributed by atoms with E-state index in [1.165, 1.54) is 73.9 Å². The van der Waals surface area contributed by atoms with E-state index in [4.69, 9.17) is 4.99 Å². The van der Waals surface area contributed by atoms with Gasteiger partial charge in [0, 0.05) is 23.9 Å². The van der Waals surface area contributed by atoms with Gasteiger partial charge in [-0.05, 0) is 88.0 Å². The minimum atomic E-state index is 0.227. The van der Waals surface area contributed by atoms with Crippen molar-refractivity contribution < 1.29 is 0 Å². The smallest absolute Gasteiger partial charge is 0.0828 e. The van der Waals surface area contributed by atoms with Crippen LogP contribution in [-0.2, 0) is 0 Å². The van der Waals surface area contributed by atoms with Crippen molar-refractivity contribution >= 4 is 5.71 Å². The van der Waals surface area contributed by atoms with Gasteiger partial charge in [-0.1, -0.05) is 50.5 Å². The average Bonchev–Trinajstić information content (AvgIpc) is 3.34. The first-order chi connectivity index (χ1) is 13.9. The van der Waals surface area contributed by atoms with E-state index in [0.717, 1.165) is 36.1 Å². The Morgan fingerprint density at radius 3 is 2.52 bits per heavy atom. The number of allylic oxidation sites excluding steroid dienone is 2. The Kier molecular flexibility index (Phi) is 6.37. The largest absolute Gasteiger partial charge is 0.388 e. The summed E-state index contributed by atoms with van der Waals surface area (Å²) in [5.74, 6) is 4.63. The third-order valence-electron chi connectivity index (χ3n) is 8.73. The number of aliphatic imine (C=N–C) groups is 1. The van der Waals surface area contributed by atoms with Crippen molar-refractivity contribution in [2.24, 2.45) is 40.5 Å². The fourth-order valence-corrected chi connectivity index (χ4v) is 6.47. The van der Waals surface area contributed by atoms with Crippen molar-refractivity contribution in [3.8, 4) is 0 Å². The molecule has 0 aromatic heterocycles. The first-order valence-electron chi connectivity index (χ1n) is 12.2. The highest BCUT2D eigenvalue weighted by Crippen LogP contribution is 2.49. The Labute approximate surface area is 179 Å². The summed E-state index contributed by atoms with van der Waals surface area (Å²) in [6.45, 7) is 14.8. The van der Waals surface area contributed by atoms with Crippen molar-refractivity contribution in [1.82, 2.24) is 5.32 Å². The van der Waals surface area contributed by atoms with Gasteiger partial charge in [0.1, 0.15) is 0 Å². The maximum atomic E-state index is 5.38. The van der Waals surface area contributed by atoms with Crippen LogP contribution in [0.1, 0.15) is 79.1 Å². The van der Waals surface area contributed by atoms with Crippen LogP contribution < -0.4 is 5.32 Å². The number of fused-ring (bicyclic) bond motifs is 2. The molecule has 0 aromatic rings. The zero-order valence-electron chi connectivity index (χ0n) is 19.2. The van der Waals surface area contributed by atoms with Crippen LogP contribution in [-0.4, -0.2) is 18.3 Å². The number of nitrogens with zero attached hydrogens (tertiary/aromatic N) is 1. The van der Waals surface area contributed by atoms with Crippen molar-refractivity contribution in [3.05, 3.63) is 35.6 Å². The number of hydrogen-bond donors (Lipinski definition) is 1. The molecule has 0 spiro atoms. The second kappa shape index (κ2) is 8.82. The molecule has 0 aliphatic heterocycles. The molecular weight excluding hydrogens is 352 g/mol. The van der Waals surface area contributed by atoms with Crippen LogP contribution in [0.15, 0.2) is 40.6 Å². The zero-order chi connectivity index (χ0) is 20.5. The second-order valence-electron chi connectivity index (χ2n) is 10.8. The number of hydrogen-bond acceptors (Lipinski definition) is 2. The molecule has 0 radical (unpaired) electrons. The Bertz CT molecular complexity index is 704. The maximum Gasteiger partial charge on any atom is 0.0828 e. The Hall–Kier alpha value is -1.31. The molecule has 3 saturated carbocycles. The van der Waals surface area contributed by atoms with Crippen LogP contribution in [0, 0.1) is 35.5 Å². The summed E-state index contributed by atoms with van der Waals surface area (Å²) in [6.07, 6.45) is 15.9. The lowest BCUT2D eigenvalue weighted by molar-refractivity contribution is 0.284. The Morgan fingerprint density at radius 1 is 1.10 bits per heavy atom. The van der Waals surface area contributed by atoms with Crippen molar-refractivity contribution in [1.29, 1.82) is 0 Å². The van der Waals surface area contributed by atoms with Gasteiger partial charge >= 0.3 is 0 Å². The summed E-state index contributed by atoms with van der Waals surface area (Å²) in [5.41, 5.74) is 5.38. The highest BCUT2D eigenvalue weighted by atomic mass is 14.9. The topological polar surface area (TPSA) is 24.4 Å². The highest BCUT2D eigenvalue weighted by Gasteiger charge is 2.41. The molecule has 160 valence electrons. The van der Waals surface area contributed by atoms with Gasteiger partial charge < -0.3 is 5.32 Å². The third kappa shape index (κ3) is 4.57. The molecule has 0 saturated heterocycles. The van der Waals surface area contributed by atoms with Crippen LogP contribution in [0.5, 0.6) is 0 Å². The van der Waals surface area contributed by atoms with Crippen molar-refractivity contribution in [2.75, 3.05) is 6.54 Å². The number of nitrogens with one attached hydrogen (secondary N) is 1. The van der Waals surface area contributed by atoms with Crippen LogP contribution in [0.2, 0.25) is 0 Å². The molecule has 2 heteroatoms. The summed E-state index contributed by atoms with van der Waals surface area (Å²) in [5, 5.41) is 3.73. The lowest BCUT2D eigenvalue weighted by Crippen LogP contribution is -2.34. The van der Waals surface area contributed by atoms with Gasteiger partial charge in [-0.15, -0.1) is 0 Å². The predicted molar refractivity (Wildman–Crippen MR) is 125 cm³/mol. The van der Waals surface area contributed by atoms with Crippen LogP contribution >= 0.6 is 0 Å². The predicted octanol–water partition coefficient (Wildman–Crippen LogP) is 6.70. The molecule has 0 amide bonds. The lowest BCUT2D eigenvalue weighted by atomic mass is 9.81. The molecule has 2 bridgehead atoms. The standard InChI is InChI=1S/C27H42N2/c1-17-6-9-22(10-7-17)16-28-20(4)25-13-8-18(2)19(3)27(25)29-21(5)26-15-23-11-12-24(26)14-23/h8,13,17,22-28H,4,6-7,9-12,14-16H2,1-3,5H3/t17?,22?,23?,24?,25?,26?,27-/m0/s1. The monoisotopic (exact) mass is 394 g/mol. The summed E-state index contributed by atoms with van der Waals surface area (Å²) >= 11 is 0. The second-order valence-corrected chi connectivity index (χ2v) is 10.8. The van der Waals surface area contributed by atoms with Gasteiger partial charge in [0.25, 0.3) is 0 Å². The third-order valence-corrected chi connectivity index (χ3v) is 8.73. The normalized spacial score (nSPS) is 39.9. The molecule has 5 atom stereocenters. The summed E-state index contributed by atoms with van der Waals surface area (Å²) in [6, 6.07) is 0.227. The Morgan fingerprint density at radius 2 is 1.86 bits per heavy atom. The first kappa shape index (κ1) is 20.9. The molecule has 4 aliphatic carbocycles. The average molecular weight is 395 g/mol. The van der Waals surface area contributed by atoms with Gasteiger partial charge in [-0.25, -0.2) is 0 Å². The molecule has 0 aromatic carbocycles. The fraction of sp³-hybridized carbons (Fsp3) is 0.741. The lowest BCUT2D eigenvalue weighted by Gasteiger charge is -2.32. The van der Waals surface area contributed by atoms with Gasteiger partial charge in [0.15, 0.2) is 0 Å². The molecule has 0 heterocycles. The van der Waals surface area contributed by atoms with E-state index in [9.17, 15) is 0 Å². The molecule has 4 rings (SSSR count). The van der Waals surface area contributed by atoms with E-state index in [2.05, 4.69) is 51.7 Å². The molecule has 4 aliphatic rings. The zero-order valence-corrected chi connectivity index (χ0v) is 19.2. The number of rotatable bonds is 6. The molecular formula is C27H42N2. The molecule has 2 nitrogen and oxygen atoms in total. The quantitative estimate of drug-likeness (QED) is 0.498. The highest BCUT2D eigenvalue weighted by molar-refractivity contribution is 5.85. The molecule has 4 unspecified atom stereocenters. The summed E-state index contributed by atoms with van der Waals surface area (Å²) in [4.78, 5) is 5.38. The maximum absolute atomic E-state index is 5.38.